The molecule has 0 saturated carbocycles. The Morgan fingerprint density at radius 3 is 2.65 bits per heavy atom. The fourth-order valence-corrected chi connectivity index (χ4v) is 2.22. The van der Waals surface area contributed by atoms with Crippen LogP contribution in [0.3, 0.4) is 0 Å². The summed E-state index contributed by atoms with van der Waals surface area (Å²) in [6, 6.07) is 7.57. The molecule has 108 valence electrons. The van der Waals surface area contributed by atoms with Crippen LogP contribution in [0, 0.1) is 5.92 Å². The molecule has 0 aromatic heterocycles. The zero-order valence-corrected chi connectivity index (χ0v) is 11.5. The maximum absolute atomic E-state index is 11.7. The number of likely N-dealkylation sites (tertiary alicyclic amines) is 1. The number of nitrogens with zero attached hydrogens (tertiary/aromatic N) is 1. The molecule has 1 fully saturated rings. The van der Waals surface area contributed by atoms with Crippen LogP contribution >= 0.6 is 0 Å². The topological polar surface area (TPSA) is 66.8 Å². The summed E-state index contributed by atoms with van der Waals surface area (Å²) < 4.78 is 5.49. The van der Waals surface area contributed by atoms with E-state index in [2.05, 4.69) is 0 Å². The van der Waals surface area contributed by atoms with Gasteiger partial charge in [-0.05, 0) is 24.1 Å². The number of rotatable bonds is 6. The second-order valence-electron chi connectivity index (χ2n) is 5.01. The lowest BCUT2D eigenvalue weighted by molar-refractivity contribution is -0.141. The van der Waals surface area contributed by atoms with Crippen LogP contribution in [0.25, 0.3) is 0 Å². The van der Waals surface area contributed by atoms with Crippen molar-refractivity contribution >= 4 is 11.9 Å². The average Bonchev–Trinajstić information content (AvgIpc) is 2.80. The first-order chi connectivity index (χ1) is 9.60. The first kappa shape index (κ1) is 14.4. The zero-order valence-electron chi connectivity index (χ0n) is 11.5. The monoisotopic (exact) mass is 277 g/mol. The summed E-state index contributed by atoms with van der Waals surface area (Å²) in [5.41, 5.74) is 0.980. The quantitative estimate of drug-likeness (QED) is 0.862. The number of amides is 1. The Kier molecular flexibility index (Phi) is 4.61. The van der Waals surface area contributed by atoms with E-state index in [4.69, 9.17) is 9.84 Å². The van der Waals surface area contributed by atoms with E-state index in [1.54, 1.807) is 4.90 Å². The molecule has 0 bridgehead atoms. The Morgan fingerprint density at radius 2 is 2.10 bits per heavy atom. The van der Waals surface area contributed by atoms with Crippen molar-refractivity contribution in [2.45, 2.75) is 26.3 Å². The predicted octanol–water partition coefficient (Wildman–Crippen LogP) is 1.91. The van der Waals surface area contributed by atoms with E-state index >= 15 is 0 Å². The van der Waals surface area contributed by atoms with Gasteiger partial charge in [-0.3, -0.25) is 9.59 Å². The van der Waals surface area contributed by atoms with Gasteiger partial charge in [0.1, 0.15) is 5.75 Å². The molecule has 1 aliphatic rings. The van der Waals surface area contributed by atoms with E-state index in [1.165, 1.54) is 0 Å². The molecule has 1 N–H and O–H groups in total. The predicted molar refractivity (Wildman–Crippen MR) is 73.4 cm³/mol. The first-order valence-electron chi connectivity index (χ1n) is 6.82. The molecule has 5 heteroatoms. The molecule has 5 nitrogen and oxygen atoms in total. The number of aliphatic carboxylic acids is 1. The first-order valence-corrected chi connectivity index (χ1v) is 6.82. The second kappa shape index (κ2) is 6.41. The van der Waals surface area contributed by atoms with Crippen LogP contribution in [0.1, 0.15) is 25.3 Å². The summed E-state index contributed by atoms with van der Waals surface area (Å²) in [4.78, 5) is 24.2. The highest BCUT2D eigenvalue weighted by Gasteiger charge is 2.33. The largest absolute Gasteiger partial charge is 0.494 e. The van der Waals surface area contributed by atoms with Gasteiger partial charge in [0.25, 0.3) is 0 Å². The SMILES string of the molecule is CCCOc1ccc(CN2C[C@H](C(=O)O)CC2=O)cc1. The van der Waals surface area contributed by atoms with Gasteiger partial charge in [-0.15, -0.1) is 0 Å². The highest BCUT2D eigenvalue weighted by atomic mass is 16.5. The van der Waals surface area contributed by atoms with E-state index in [0.29, 0.717) is 19.7 Å². The molecule has 1 atom stereocenters. The number of benzene rings is 1. The van der Waals surface area contributed by atoms with Crippen molar-refractivity contribution in [3.8, 4) is 5.75 Å². The summed E-state index contributed by atoms with van der Waals surface area (Å²) in [6.07, 6.45) is 1.06. The van der Waals surface area contributed by atoms with Gasteiger partial charge in [-0.2, -0.15) is 0 Å². The van der Waals surface area contributed by atoms with E-state index in [9.17, 15) is 9.59 Å². The van der Waals surface area contributed by atoms with Gasteiger partial charge in [0.15, 0.2) is 0 Å². The van der Waals surface area contributed by atoms with Crippen molar-refractivity contribution in [2.24, 2.45) is 5.92 Å². The Hall–Kier alpha value is -2.04. The lowest BCUT2D eigenvalue weighted by atomic mass is 10.1. The van der Waals surface area contributed by atoms with Crippen molar-refractivity contribution < 1.29 is 19.4 Å². The van der Waals surface area contributed by atoms with E-state index in [1.807, 2.05) is 31.2 Å². The Bertz CT molecular complexity index is 483. The number of carbonyl (C=O) groups is 2. The number of carbonyl (C=O) groups excluding carboxylic acids is 1. The van der Waals surface area contributed by atoms with E-state index in [0.717, 1.165) is 17.7 Å². The second-order valence-corrected chi connectivity index (χ2v) is 5.01. The van der Waals surface area contributed by atoms with Gasteiger partial charge in [0.2, 0.25) is 5.91 Å². The number of hydrogen-bond acceptors (Lipinski definition) is 3. The Morgan fingerprint density at radius 1 is 1.40 bits per heavy atom. The summed E-state index contributed by atoms with van der Waals surface area (Å²) in [7, 11) is 0. The molecule has 0 unspecified atom stereocenters. The number of carboxylic acids is 1. The summed E-state index contributed by atoms with van der Waals surface area (Å²) in [6.45, 7) is 3.48. The zero-order chi connectivity index (χ0) is 14.5. The molecule has 1 aromatic carbocycles. The van der Waals surface area contributed by atoms with Crippen LogP contribution in [0.4, 0.5) is 0 Å². The van der Waals surface area contributed by atoms with Crippen LogP contribution in [0.5, 0.6) is 5.75 Å². The molecule has 1 amide bonds. The van der Waals surface area contributed by atoms with Crippen LogP contribution in [0.2, 0.25) is 0 Å². The summed E-state index contributed by atoms with van der Waals surface area (Å²) >= 11 is 0. The van der Waals surface area contributed by atoms with Crippen LogP contribution in [-0.4, -0.2) is 35.0 Å². The van der Waals surface area contributed by atoms with Crippen molar-refractivity contribution in [1.29, 1.82) is 0 Å². The fourth-order valence-electron chi connectivity index (χ4n) is 2.22. The molecule has 0 aliphatic carbocycles. The molecule has 1 aromatic rings. The van der Waals surface area contributed by atoms with Gasteiger partial charge in [0, 0.05) is 19.5 Å². The van der Waals surface area contributed by atoms with Crippen molar-refractivity contribution in [3.05, 3.63) is 29.8 Å². The Labute approximate surface area is 118 Å². The highest BCUT2D eigenvalue weighted by molar-refractivity contribution is 5.86. The van der Waals surface area contributed by atoms with Gasteiger partial charge in [-0.25, -0.2) is 0 Å². The molecule has 1 heterocycles. The highest BCUT2D eigenvalue weighted by Crippen LogP contribution is 2.21. The summed E-state index contributed by atoms with van der Waals surface area (Å²) in [5, 5.41) is 8.94. The number of ether oxygens (including phenoxy) is 1. The maximum atomic E-state index is 11.7. The maximum Gasteiger partial charge on any atom is 0.308 e. The van der Waals surface area contributed by atoms with Gasteiger partial charge >= 0.3 is 5.97 Å². The minimum Gasteiger partial charge on any atom is -0.494 e. The molecule has 1 aliphatic heterocycles. The molecule has 0 spiro atoms. The average molecular weight is 277 g/mol. The van der Waals surface area contributed by atoms with Crippen LogP contribution in [-0.2, 0) is 16.1 Å². The van der Waals surface area contributed by atoms with Crippen molar-refractivity contribution in [2.75, 3.05) is 13.2 Å². The lowest BCUT2D eigenvalue weighted by Crippen LogP contribution is -2.25. The van der Waals surface area contributed by atoms with Crippen molar-refractivity contribution in [1.82, 2.24) is 4.90 Å². The third-order valence-corrected chi connectivity index (χ3v) is 3.33. The summed E-state index contributed by atoms with van der Waals surface area (Å²) in [5.74, 6) is -0.755. The van der Waals surface area contributed by atoms with Gasteiger partial charge in [-0.1, -0.05) is 19.1 Å². The van der Waals surface area contributed by atoms with Crippen molar-refractivity contribution in [3.63, 3.8) is 0 Å². The molecule has 1 saturated heterocycles. The minimum atomic E-state index is -0.899. The number of hydrogen-bond donors (Lipinski definition) is 1. The normalized spacial score (nSPS) is 18.4. The fraction of sp³-hybridized carbons (Fsp3) is 0.467. The number of carboxylic acid groups (broad SMARTS) is 1. The Balaban J connectivity index is 1.93. The third kappa shape index (κ3) is 3.50. The molecular formula is C15H19NO4. The standard InChI is InChI=1S/C15H19NO4/c1-2-7-20-13-5-3-11(4-6-13)9-16-10-12(15(18)19)8-14(16)17/h3-6,12H,2,7-10H2,1H3,(H,18,19)/t12-/m1/s1. The van der Waals surface area contributed by atoms with E-state index < -0.39 is 11.9 Å². The van der Waals surface area contributed by atoms with Crippen LogP contribution < -0.4 is 4.74 Å². The molecular weight excluding hydrogens is 258 g/mol. The molecule has 0 radical (unpaired) electrons. The van der Waals surface area contributed by atoms with Gasteiger partial charge in [0.05, 0.1) is 12.5 Å². The molecule has 20 heavy (non-hydrogen) atoms. The lowest BCUT2D eigenvalue weighted by Gasteiger charge is -2.16. The minimum absolute atomic E-state index is 0.0938. The molecule has 2 rings (SSSR count). The van der Waals surface area contributed by atoms with E-state index in [-0.39, 0.29) is 12.3 Å². The van der Waals surface area contributed by atoms with Crippen LogP contribution in [0.15, 0.2) is 24.3 Å². The third-order valence-electron chi connectivity index (χ3n) is 3.33. The van der Waals surface area contributed by atoms with Gasteiger partial charge < -0.3 is 14.7 Å². The smallest absolute Gasteiger partial charge is 0.308 e.